The molecule has 5 heteroatoms. The summed E-state index contributed by atoms with van der Waals surface area (Å²) in [7, 11) is 1.66. The maximum Gasteiger partial charge on any atom is 0.315 e. The molecule has 1 aliphatic heterocycles. The Balaban J connectivity index is 2.37. The van der Waals surface area contributed by atoms with Crippen molar-refractivity contribution in [1.29, 1.82) is 0 Å². The average molecular weight is 291 g/mol. The van der Waals surface area contributed by atoms with Gasteiger partial charge in [0, 0.05) is 25.0 Å². The summed E-state index contributed by atoms with van der Waals surface area (Å²) in [5.41, 5.74) is 6.41. The number of primary amides is 1. The van der Waals surface area contributed by atoms with Crippen LogP contribution in [0.4, 0.5) is 4.79 Å². The Morgan fingerprint density at radius 3 is 2.90 bits per heavy atom. The van der Waals surface area contributed by atoms with Crippen LogP contribution >= 0.6 is 0 Å². The number of rotatable bonds is 3. The number of hydrogen-bond acceptors (Lipinski definition) is 3. The van der Waals surface area contributed by atoms with E-state index in [-0.39, 0.29) is 23.5 Å². The Morgan fingerprint density at radius 2 is 2.29 bits per heavy atom. The third-order valence-corrected chi connectivity index (χ3v) is 4.68. The standard InChI is InChI=1S/C16H25N3O2/c1-11-9-18-10-16(3,19(11)15(17)20)12(2)13-6-5-7-14(8-13)21-4/h5-8,11-12,18H,9-10H2,1-4H3,(H2,17,20)/t11?,12-,16?/m1/s1. The average Bonchev–Trinajstić information content (AvgIpc) is 2.46. The molecule has 21 heavy (non-hydrogen) atoms. The summed E-state index contributed by atoms with van der Waals surface area (Å²) in [6.45, 7) is 7.73. The Bertz CT molecular complexity index is 520. The van der Waals surface area contributed by atoms with Crippen LogP contribution in [-0.2, 0) is 0 Å². The smallest absolute Gasteiger partial charge is 0.315 e. The van der Waals surface area contributed by atoms with Gasteiger partial charge in [-0.3, -0.25) is 0 Å². The number of nitrogens with zero attached hydrogens (tertiary/aromatic N) is 1. The number of hydrogen-bond donors (Lipinski definition) is 2. The number of carbonyl (C=O) groups excluding carboxylic acids is 1. The van der Waals surface area contributed by atoms with Crippen molar-refractivity contribution in [1.82, 2.24) is 10.2 Å². The minimum absolute atomic E-state index is 0.0781. The van der Waals surface area contributed by atoms with Crippen LogP contribution in [0.1, 0.15) is 32.3 Å². The normalized spacial score (nSPS) is 27.2. The largest absolute Gasteiger partial charge is 0.497 e. The van der Waals surface area contributed by atoms with Crippen LogP contribution in [0.25, 0.3) is 0 Å². The molecule has 0 saturated carbocycles. The van der Waals surface area contributed by atoms with E-state index < -0.39 is 0 Å². The van der Waals surface area contributed by atoms with E-state index in [0.29, 0.717) is 0 Å². The second-order valence-electron chi connectivity index (χ2n) is 6.04. The zero-order valence-electron chi connectivity index (χ0n) is 13.2. The van der Waals surface area contributed by atoms with Gasteiger partial charge in [-0.25, -0.2) is 4.79 Å². The maximum absolute atomic E-state index is 11.9. The van der Waals surface area contributed by atoms with E-state index in [1.165, 1.54) is 0 Å². The molecule has 0 aliphatic carbocycles. The lowest BCUT2D eigenvalue weighted by molar-refractivity contribution is 0.0539. The van der Waals surface area contributed by atoms with Crippen molar-refractivity contribution in [3.05, 3.63) is 29.8 Å². The summed E-state index contributed by atoms with van der Waals surface area (Å²) in [5, 5.41) is 3.41. The number of urea groups is 1. The number of benzene rings is 1. The molecular formula is C16H25N3O2. The lowest BCUT2D eigenvalue weighted by Crippen LogP contribution is -2.68. The molecule has 3 atom stereocenters. The SMILES string of the molecule is COc1cccc([C@@H](C)C2(C)CNCC(C)N2C(N)=O)c1. The zero-order chi connectivity index (χ0) is 15.6. The van der Waals surface area contributed by atoms with Gasteiger partial charge in [-0.2, -0.15) is 0 Å². The zero-order valence-corrected chi connectivity index (χ0v) is 13.2. The van der Waals surface area contributed by atoms with E-state index >= 15 is 0 Å². The molecule has 2 unspecified atom stereocenters. The Morgan fingerprint density at radius 1 is 1.57 bits per heavy atom. The topological polar surface area (TPSA) is 67.6 Å². The lowest BCUT2D eigenvalue weighted by Gasteiger charge is -2.51. The second-order valence-corrected chi connectivity index (χ2v) is 6.04. The highest BCUT2D eigenvalue weighted by Crippen LogP contribution is 2.36. The summed E-state index contributed by atoms with van der Waals surface area (Å²) in [6, 6.07) is 7.70. The molecule has 1 aromatic rings. The van der Waals surface area contributed by atoms with Gasteiger partial charge in [-0.05, 0) is 31.5 Å². The van der Waals surface area contributed by atoms with Crippen molar-refractivity contribution in [2.24, 2.45) is 5.73 Å². The van der Waals surface area contributed by atoms with E-state index in [1.54, 1.807) is 7.11 Å². The first-order valence-corrected chi connectivity index (χ1v) is 7.33. The summed E-state index contributed by atoms with van der Waals surface area (Å²) >= 11 is 0. The molecule has 3 N–H and O–H groups in total. The van der Waals surface area contributed by atoms with Crippen LogP contribution in [0.3, 0.4) is 0 Å². The van der Waals surface area contributed by atoms with Crippen molar-refractivity contribution in [3.63, 3.8) is 0 Å². The van der Waals surface area contributed by atoms with Gasteiger partial charge in [-0.15, -0.1) is 0 Å². The van der Waals surface area contributed by atoms with Gasteiger partial charge < -0.3 is 20.7 Å². The highest BCUT2D eigenvalue weighted by atomic mass is 16.5. The second kappa shape index (κ2) is 5.93. The quantitative estimate of drug-likeness (QED) is 0.894. The lowest BCUT2D eigenvalue weighted by atomic mass is 9.78. The first kappa shape index (κ1) is 15.6. The molecule has 1 aliphatic rings. The van der Waals surface area contributed by atoms with Crippen LogP contribution in [0.2, 0.25) is 0 Å². The van der Waals surface area contributed by atoms with Gasteiger partial charge in [0.2, 0.25) is 0 Å². The van der Waals surface area contributed by atoms with Gasteiger partial charge in [0.25, 0.3) is 0 Å². The number of nitrogens with two attached hydrogens (primary N) is 1. The summed E-state index contributed by atoms with van der Waals surface area (Å²) in [6.07, 6.45) is 0. The van der Waals surface area contributed by atoms with Crippen LogP contribution in [0.5, 0.6) is 5.75 Å². The van der Waals surface area contributed by atoms with Crippen molar-refractivity contribution in [3.8, 4) is 5.75 Å². The fourth-order valence-electron chi connectivity index (χ4n) is 3.31. The monoisotopic (exact) mass is 291 g/mol. The number of carbonyl (C=O) groups is 1. The number of nitrogens with one attached hydrogen (secondary N) is 1. The molecule has 5 nitrogen and oxygen atoms in total. The van der Waals surface area contributed by atoms with E-state index in [1.807, 2.05) is 30.0 Å². The van der Waals surface area contributed by atoms with E-state index in [0.717, 1.165) is 24.4 Å². The molecule has 0 bridgehead atoms. The van der Waals surface area contributed by atoms with Gasteiger partial charge in [0.05, 0.1) is 12.6 Å². The van der Waals surface area contributed by atoms with Crippen molar-refractivity contribution < 1.29 is 9.53 Å². The summed E-state index contributed by atoms with van der Waals surface area (Å²) in [4.78, 5) is 13.7. The third-order valence-electron chi connectivity index (χ3n) is 4.68. The Hall–Kier alpha value is -1.75. The first-order chi connectivity index (χ1) is 9.90. The first-order valence-electron chi connectivity index (χ1n) is 7.33. The molecule has 1 heterocycles. The molecule has 1 aromatic carbocycles. The predicted molar refractivity (Wildman–Crippen MR) is 83.6 cm³/mol. The fraction of sp³-hybridized carbons (Fsp3) is 0.562. The fourth-order valence-corrected chi connectivity index (χ4v) is 3.31. The molecule has 116 valence electrons. The van der Waals surface area contributed by atoms with E-state index in [2.05, 4.69) is 25.2 Å². The highest BCUT2D eigenvalue weighted by Gasteiger charge is 2.44. The maximum atomic E-state index is 11.9. The molecule has 0 aromatic heterocycles. The molecule has 0 spiro atoms. The molecule has 0 radical (unpaired) electrons. The van der Waals surface area contributed by atoms with Crippen molar-refractivity contribution in [2.45, 2.75) is 38.3 Å². The van der Waals surface area contributed by atoms with Gasteiger partial charge in [0.15, 0.2) is 0 Å². The van der Waals surface area contributed by atoms with Crippen LogP contribution in [-0.4, -0.2) is 42.7 Å². The van der Waals surface area contributed by atoms with Gasteiger partial charge >= 0.3 is 6.03 Å². The number of methoxy groups -OCH3 is 1. The third kappa shape index (κ3) is 2.83. The molecule has 1 fully saturated rings. The van der Waals surface area contributed by atoms with Crippen LogP contribution in [0.15, 0.2) is 24.3 Å². The Labute approximate surface area is 126 Å². The molecule has 2 amide bonds. The molecular weight excluding hydrogens is 266 g/mol. The van der Waals surface area contributed by atoms with Crippen molar-refractivity contribution >= 4 is 6.03 Å². The van der Waals surface area contributed by atoms with E-state index in [4.69, 9.17) is 10.5 Å². The van der Waals surface area contributed by atoms with E-state index in [9.17, 15) is 4.79 Å². The highest BCUT2D eigenvalue weighted by molar-refractivity contribution is 5.74. The summed E-state index contributed by atoms with van der Waals surface area (Å²) in [5.74, 6) is 0.959. The van der Waals surface area contributed by atoms with Gasteiger partial charge in [-0.1, -0.05) is 19.1 Å². The van der Waals surface area contributed by atoms with Crippen LogP contribution < -0.4 is 15.8 Å². The minimum Gasteiger partial charge on any atom is -0.497 e. The molecule has 2 rings (SSSR count). The number of piperazine rings is 1. The summed E-state index contributed by atoms with van der Waals surface area (Å²) < 4.78 is 5.30. The number of amides is 2. The number of ether oxygens (including phenoxy) is 1. The molecule has 1 saturated heterocycles. The Kier molecular flexibility index (Phi) is 4.42. The minimum atomic E-state index is -0.365. The predicted octanol–water partition coefficient (Wildman–Crippen LogP) is 1.93. The van der Waals surface area contributed by atoms with Crippen molar-refractivity contribution in [2.75, 3.05) is 20.2 Å². The van der Waals surface area contributed by atoms with Gasteiger partial charge in [0.1, 0.15) is 5.75 Å². The van der Waals surface area contributed by atoms with Crippen LogP contribution in [0, 0.1) is 0 Å².